The minimum atomic E-state index is -1.10. The van der Waals surface area contributed by atoms with Gasteiger partial charge in [0.05, 0.1) is 13.2 Å². The van der Waals surface area contributed by atoms with E-state index in [2.05, 4.69) is 20.6 Å². The van der Waals surface area contributed by atoms with Crippen molar-refractivity contribution in [3.63, 3.8) is 0 Å². The summed E-state index contributed by atoms with van der Waals surface area (Å²) >= 11 is 0. The van der Waals surface area contributed by atoms with Gasteiger partial charge in [-0.3, -0.25) is 24.4 Å². The standard InChI is InChI=1S/C22H34N6O5/c1-22(2,3)13-27-16-12-15(18(29)23-6-7-26-8-10-33-11-9-26)25-28(16)21(32)17(20(27)31)19(30)24-14-4-5-14/h12,14,18,23,29,31H,4-11,13H2,1-3H3,(H,24,30). The van der Waals surface area contributed by atoms with E-state index in [1.807, 2.05) is 20.8 Å². The van der Waals surface area contributed by atoms with Gasteiger partial charge in [0.15, 0.2) is 5.56 Å². The van der Waals surface area contributed by atoms with Crippen molar-refractivity contribution in [2.75, 3.05) is 39.4 Å². The lowest BCUT2D eigenvalue weighted by Crippen LogP contribution is -2.40. The molecule has 1 unspecified atom stereocenters. The monoisotopic (exact) mass is 462 g/mol. The van der Waals surface area contributed by atoms with Crippen LogP contribution in [0.2, 0.25) is 0 Å². The maximum Gasteiger partial charge on any atom is 0.291 e. The average molecular weight is 463 g/mol. The number of aliphatic hydroxyl groups is 1. The van der Waals surface area contributed by atoms with E-state index in [1.165, 1.54) is 4.57 Å². The first kappa shape index (κ1) is 23.7. The van der Waals surface area contributed by atoms with E-state index < -0.39 is 17.7 Å². The quantitative estimate of drug-likeness (QED) is 0.405. The number of nitrogens with one attached hydrogen (secondary N) is 2. The molecule has 4 rings (SSSR count). The van der Waals surface area contributed by atoms with Gasteiger partial charge >= 0.3 is 0 Å². The third-order valence-electron chi connectivity index (χ3n) is 5.79. The predicted molar refractivity (Wildman–Crippen MR) is 121 cm³/mol. The van der Waals surface area contributed by atoms with Crippen LogP contribution in [0.1, 0.15) is 55.9 Å². The van der Waals surface area contributed by atoms with Gasteiger partial charge < -0.3 is 20.3 Å². The molecule has 11 heteroatoms. The Balaban J connectivity index is 1.62. The molecule has 1 atom stereocenters. The number of fused-ring (bicyclic) bond motifs is 1. The first-order chi connectivity index (χ1) is 15.6. The second-order valence-corrected chi connectivity index (χ2v) is 10.0. The van der Waals surface area contributed by atoms with E-state index in [0.717, 1.165) is 37.0 Å². The van der Waals surface area contributed by atoms with Gasteiger partial charge in [0.1, 0.15) is 17.6 Å². The van der Waals surface area contributed by atoms with E-state index in [4.69, 9.17) is 4.74 Å². The molecule has 2 aromatic heterocycles. The van der Waals surface area contributed by atoms with Gasteiger partial charge in [-0.2, -0.15) is 9.61 Å². The molecule has 1 aliphatic carbocycles. The summed E-state index contributed by atoms with van der Waals surface area (Å²) in [6.07, 6.45) is 0.623. The molecule has 33 heavy (non-hydrogen) atoms. The molecule has 2 fully saturated rings. The number of amides is 1. The van der Waals surface area contributed by atoms with E-state index in [0.29, 0.717) is 32.0 Å². The van der Waals surface area contributed by atoms with Crippen LogP contribution in [-0.4, -0.2) is 80.6 Å². The highest BCUT2D eigenvalue weighted by Gasteiger charge is 2.30. The van der Waals surface area contributed by atoms with Crippen molar-refractivity contribution < 1.29 is 19.7 Å². The fourth-order valence-electron chi connectivity index (χ4n) is 3.91. The highest BCUT2D eigenvalue weighted by Crippen LogP contribution is 2.26. The normalized spacial score (nSPS) is 18.5. The molecule has 0 bridgehead atoms. The molecule has 0 spiro atoms. The fourth-order valence-corrected chi connectivity index (χ4v) is 3.91. The zero-order valence-corrected chi connectivity index (χ0v) is 19.5. The Morgan fingerprint density at radius 1 is 1.30 bits per heavy atom. The van der Waals surface area contributed by atoms with Crippen LogP contribution in [0.15, 0.2) is 10.9 Å². The number of aliphatic hydroxyl groups excluding tert-OH is 1. The van der Waals surface area contributed by atoms with E-state index >= 15 is 0 Å². The molecule has 1 aliphatic heterocycles. The van der Waals surface area contributed by atoms with Crippen LogP contribution in [-0.2, 0) is 11.3 Å². The van der Waals surface area contributed by atoms with Crippen molar-refractivity contribution in [1.29, 1.82) is 0 Å². The number of hydrogen-bond donors (Lipinski definition) is 4. The Bertz CT molecular complexity index is 1060. The van der Waals surface area contributed by atoms with Gasteiger partial charge in [0.2, 0.25) is 5.88 Å². The van der Waals surface area contributed by atoms with Crippen LogP contribution in [0.5, 0.6) is 5.88 Å². The molecule has 1 saturated heterocycles. The average Bonchev–Trinajstić information content (AvgIpc) is 3.44. The molecule has 0 radical (unpaired) electrons. The fraction of sp³-hybridized carbons (Fsp3) is 0.682. The molecule has 0 aromatic carbocycles. The number of aromatic hydroxyl groups is 1. The molecule has 3 heterocycles. The Hall–Kier alpha value is -2.47. The predicted octanol–water partition coefficient (Wildman–Crippen LogP) is 0.0526. The van der Waals surface area contributed by atoms with Crippen molar-refractivity contribution in [3.05, 3.63) is 27.7 Å². The number of carbonyl (C=O) groups excluding carboxylic acids is 1. The Labute approximate surface area is 192 Å². The second-order valence-electron chi connectivity index (χ2n) is 10.0. The first-order valence-corrected chi connectivity index (χ1v) is 11.5. The number of nitrogens with zero attached hydrogens (tertiary/aromatic N) is 4. The molecule has 4 N–H and O–H groups in total. The first-order valence-electron chi connectivity index (χ1n) is 11.5. The maximum atomic E-state index is 13.1. The van der Waals surface area contributed by atoms with Crippen molar-refractivity contribution in [3.8, 4) is 5.88 Å². The summed E-state index contributed by atoms with van der Waals surface area (Å²) < 4.78 is 7.95. The third kappa shape index (κ3) is 5.55. The minimum absolute atomic E-state index is 0.0359. The maximum absolute atomic E-state index is 13.1. The lowest BCUT2D eigenvalue weighted by Gasteiger charge is -2.26. The SMILES string of the molecule is CC(C)(C)Cn1c(O)c(C(=O)NC2CC2)c(=O)n2nc(C(O)NCCN3CCOCC3)cc12. The van der Waals surface area contributed by atoms with Crippen LogP contribution in [0, 0.1) is 5.41 Å². The summed E-state index contributed by atoms with van der Waals surface area (Å²) in [5.41, 5.74) is -0.729. The summed E-state index contributed by atoms with van der Waals surface area (Å²) in [6, 6.07) is 1.61. The second kappa shape index (κ2) is 9.41. The minimum Gasteiger partial charge on any atom is -0.494 e. The van der Waals surface area contributed by atoms with E-state index in [-0.39, 0.29) is 28.6 Å². The Morgan fingerprint density at radius 2 is 2.00 bits per heavy atom. The van der Waals surface area contributed by atoms with Crippen LogP contribution >= 0.6 is 0 Å². The number of hydrogen-bond acceptors (Lipinski definition) is 8. The Kier molecular flexibility index (Phi) is 6.76. The zero-order chi connectivity index (χ0) is 23.8. The van der Waals surface area contributed by atoms with Gasteiger partial charge in [-0.1, -0.05) is 20.8 Å². The molecule has 1 amide bonds. The summed E-state index contributed by atoms with van der Waals surface area (Å²) in [4.78, 5) is 28.1. The van der Waals surface area contributed by atoms with Gasteiger partial charge in [0, 0.05) is 44.8 Å². The summed E-state index contributed by atoms with van der Waals surface area (Å²) in [6.45, 7) is 10.7. The third-order valence-corrected chi connectivity index (χ3v) is 5.79. The van der Waals surface area contributed by atoms with Gasteiger partial charge in [-0.15, -0.1) is 0 Å². The topological polar surface area (TPSA) is 133 Å². The lowest BCUT2D eigenvalue weighted by molar-refractivity contribution is 0.0354. The van der Waals surface area contributed by atoms with Gasteiger partial charge in [-0.05, 0) is 18.3 Å². The zero-order valence-electron chi connectivity index (χ0n) is 19.5. The smallest absolute Gasteiger partial charge is 0.291 e. The van der Waals surface area contributed by atoms with Gasteiger partial charge in [-0.25, -0.2) is 0 Å². The molecule has 2 aromatic rings. The summed E-state index contributed by atoms with van der Waals surface area (Å²) in [7, 11) is 0. The number of aromatic nitrogens is 3. The largest absolute Gasteiger partial charge is 0.494 e. The highest BCUT2D eigenvalue weighted by atomic mass is 16.5. The summed E-state index contributed by atoms with van der Waals surface area (Å²) in [5.74, 6) is -0.993. The molecule has 182 valence electrons. The lowest BCUT2D eigenvalue weighted by atomic mass is 9.96. The molecule has 11 nitrogen and oxygen atoms in total. The van der Waals surface area contributed by atoms with Crippen LogP contribution in [0.4, 0.5) is 0 Å². The summed E-state index contributed by atoms with van der Waals surface area (Å²) in [5, 5.41) is 31.7. The van der Waals surface area contributed by atoms with Crippen LogP contribution < -0.4 is 16.2 Å². The van der Waals surface area contributed by atoms with Crippen molar-refractivity contribution in [2.45, 2.75) is 52.4 Å². The molecular formula is C22H34N6O5. The Morgan fingerprint density at radius 3 is 2.64 bits per heavy atom. The molecular weight excluding hydrogens is 428 g/mol. The van der Waals surface area contributed by atoms with Crippen molar-refractivity contribution in [1.82, 2.24) is 29.7 Å². The molecule has 2 aliphatic rings. The van der Waals surface area contributed by atoms with Crippen LogP contribution in [0.25, 0.3) is 5.65 Å². The number of morpholine rings is 1. The number of carbonyl (C=O) groups is 1. The van der Waals surface area contributed by atoms with Gasteiger partial charge in [0.25, 0.3) is 11.5 Å². The highest BCUT2D eigenvalue weighted by molar-refractivity contribution is 5.96. The van der Waals surface area contributed by atoms with E-state index in [1.54, 1.807) is 6.07 Å². The van der Waals surface area contributed by atoms with Crippen molar-refractivity contribution >= 4 is 11.6 Å². The number of rotatable bonds is 8. The number of ether oxygens (including phenoxy) is 1. The molecule has 1 saturated carbocycles. The van der Waals surface area contributed by atoms with Crippen LogP contribution in [0.3, 0.4) is 0 Å². The van der Waals surface area contributed by atoms with E-state index in [9.17, 15) is 19.8 Å². The van der Waals surface area contributed by atoms with Crippen molar-refractivity contribution in [2.24, 2.45) is 5.41 Å².